The highest BCUT2D eigenvalue weighted by Crippen LogP contribution is 2.16. The van der Waals surface area contributed by atoms with Crippen molar-refractivity contribution in [3.8, 4) is 0 Å². The maximum atomic E-state index is 9.87. The summed E-state index contributed by atoms with van der Waals surface area (Å²) >= 11 is 0. The molecule has 0 aromatic heterocycles. The highest BCUT2D eigenvalue weighted by atomic mass is 16.4. The van der Waals surface area contributed by atoms with Gasteiger partial charge < -0.3 is 10.2 Å². The van der Waals surface area contributed by atoms with E-state index in [2.05, 4.69) is 6.92 Å². The lowest BCUT2D eigenvalue weighted by Gasteiger charge is -2.14. The van der Waals surface area contributed by atoms with E-state index in [1.54, 1.807) is 0 Å². The predicted molar refractivity (Wildman–Crippen MR) is 60.9 cm³/mol. The van der Waals surface area contributed by atoms with Gasteiger partial charge in [0, 0.05) is 6.42 Å². The maximum absolute atomic E-state index is 9.87. The molecule has 0 aromatic rings. The Bertz CT molecular complexity index is 151. The molecule has 0 bridgehead atoms. The van der Waals surface area contributed by atoms with E-state index in [1.807, 2.05) is 0 Å². The Balaban J connectivity index is 0.000000262. The highest BCUT2D eigenvalue weighted by Gasteiger charge is 2.07. The first kappa shape index (κ1) is 14.4. The molecule has 1 aliphatic rings. The minimum atomic E-state index is -0.682. The molecular formula is C12H24O3. The van der Waals surface area contributed by atoms with Crippen LogP contribution in [0.1, 0.15) is 64.7 Å². The number of aliphatic hydroxyl groups excluding tert-OH is 1. The molecule has 0 amide bonds. The van der Waals surface area contributed by atoms with Crippen LogP contribution >= 0.6 is 0 Å². The van der Waals surface area contributed by atoms with E-state index in [4.69, 9.17) is 10.2 Å². The Morgan fingerprint density at radius 2 is 1.80 bits per heavy atom. The quantitative estimate of drug-likeness (QED) is 0.710. The number of aliphatic hydroxyl groups is 1. The van der Waals surface area contributed by atoms with E-state index in [0.717, 1.165) is 32.1 Å². The lowest BCUT2D eigenvalue weighted by atomic mass is 9.98. The first-order chi connectivity index (χ1) is 7.16. The Labute approximate surface area is 92.5 Å². The first-order valence-electron chi connectivity index (χ1n) is 6.06. The van der Waals surface area contributed by atoms with Gasteiger partial charge in [0.15, 0.2) is 0 Å². The minimum Gasteiger partial charge on any atom is -0.481 e. The van der Waals surface area contributed by atoms with Gasteiger partial charge in [-0.15, -0.1) is 0 Å². The maximum Gasteiger partial charge on any atom is 0.303 e. The number of hydrogen-bond acceptors (Lipinski definition) is 2. The summed E-state index contributed by atoms with van der Waals surface area (Å²) in [6.07, 6.45) is 9.20. The molecule has 0 unspecified atom stereocenters. The average Bonchev–Trinajstić information content (AvgIpc) is 2.20. The van der Waals surface area contributed by atoms with E-state index in [-0.39, 0.29) is 6.10 Å². The Morgan fingerprint density at radius 3 is 2.13 bits per heavy atom. The van der Waals surface area contributed by atoms with Gasteiger partial charge in [0.2, 0.25) is 0 Å². The van der Waals surface area contributed by atoms with Crippen LogP contribution in [0.3, 0.4) is 0 Å². The number of rotatable bonds is 4. The van der Waals surface area contributed by atoms with Crippen LogP contribution in [0.15, 0.2) is 0 Å². The van der Waals surface area contributed by atoms with Crippen molar-refractivity contribution in [2.75, 3.05) is 0 Å². The van der Waals surface area contributed by atoms with Gasteiger partial charge in [-0.3, -0.25) is 4.79 Å². The minimum absolute atomic E-state index is 0.0359. The van der Waals surface area contributed by atoms with Crippen molar-refractivity contribution in [1.82, 2.24) is 0 Å². The van der Waals surface area contributed by atoms with E-state index >= 15 is 0 Å². The van der Waals surface area contributed by atoms with Crippen molar-refractivity contribution in [3.05, 3.63) is 0 Å². The monoisotopic (exact) mass is 216 g/mol. The molecule has 1 rings (SSSR count). The van der Waals surface area contributed by atoms with Gasteiger partial charge in [-0.05, 0) is 19.3 Å². The molecule has 0 aromatic carbocycles. The number of carbonyl (C=O) groups is 1. The Morgan fingerprint density at radius 1 is 1.20 bits per heavy atom. The first-order valence-corrected chi connectivity index (χ1v) is 6.06. The van der Waals surface area contributed by atoms with E-state index in [0.29, 0.717) is 6.42 Å². The fourth-order valence-electron chi connectivity index (χ4n) is 1.61. The molecule has 1 saturated carbocycles. The lowest BCUT2D eigenvalue weighted by Crippen LogP contribution is -2.09. The summed E-state index contributed by atoms with van der Waals surface area (Å²) < 4.78 is 0. The molecule has 90 valence electrons. The molecule has 3 nitrogen and oxygen atoms in total. The lowest BCUT2D eigenvalue weighted by molar-refractivity contribution is -0.137. The van der Waals surface area contributed by atoms with Gasteiger partial charge in [-0.25, -0.2) is 0 Å². The predicted octanol–water partition coefficient (Wildman–Crippen LogP) is 2.96. The average molecular weight is 216 g/mol. The van der Waals surface area contributed by atoms with Gasteiger partial charge in [-0.2, -0.15) is 0 Å². The number of unbranched alkanes of at least 4 members (excludes halogenated alkanes) is 2. The zero-order valence-corrected chi connectivity index (χ0v) is 9.74. The number of carboxylic acids is 1. The molecule has 3 heteroatoms. The summed E-state index contributed by atoms with van der Waals surface area (Å²) in [6, 6.07) is 0. The molecule has 15 heavy (non-hydrogen) atoms. The normalized spacial score (nSPS) is 16.7. The van der Waals surface area contributed by atoms with Crippen molar-refractivity contribution in [2.45, 2.75) is 70.8 Å². The second-order valence-electron chi connectivity index (χ2n) is 4.14. The third-order valence-electron chi connectivity index (χ3n) is 2.57. The van der Waals surface area contributed by atoms with Crippen molar-refractivity contribution in [1.29, 1.82) is 0 Å². The molecule has 0 saturated heterocycles. The molecule has 2 N–H and O–H groups in total. The zero-order chi connectivity index (χ0) is 11.5. The van der Waals surface area contributed by atoms with Crippen LogP contribution in [0, 0.1) is 0 Å². The Hall–Kier alpha value is -0.570. The summed E-state index contributed by atoms with van der Waals surface area (Å²) in [5, 5.41) is 17.0. The number of hydrogen-bond donors (Lipinski definition) is 2. The van der Waals surface area contributed by atoms with E-state index in [1.165, 1.54) is 19.3 Å². The summed E-state index contributed by atoms with van der Waals surface area (Å²) in [6.45, 7) is 2.06. The van der Waals surface area contributed by atoms with Gasteiger partial charge in [0.25, 0.3) is 0 Å². The van der Waals surface area contributed by atoms with Gasteiger partial charge >= 0.3 is 5.97 Å². The SMILES string of the molecule is CCCCCC(=O)O.OC1CCCCC1. The molecule has 0 aliphatic heterocycles. The molecule has 0 radical (unpaired) electrons. The number of carboxylic acid groups (broad SMARTS) is 1. The molecular weight excluding hydrogens is 192 g/mol. The van der Waals surface area contributed by atoms with Crippen LogP contribution in [0.2, 0.25) is 0 Å². The summed E-state index contributed by atoms with van der Waals surface area (Å²) in [5.41, 5.74) is 0. The summed E-state index contributed by atoms with van der Waals surface area (Å²) in [5.74, 6) is -0.682. The van der Waals surface area contributed by atoms with Gasteiger partial charge in [-0.1, -0.05) is 39.0 Å². The van der Waals surface area contributed by atoms with E-state index < -0.39 is 5.97 Å². The van der Waals surface area contributed by atoms with Crippen LogP contribution in [-0.2, 0) is 4.79 Å². The molecule has 1 aliphatic carbocycles. The van der Waals surface area contributed by atoms with Crippen LogP contribution in [0.25, 0.3) is 0 Å². The molecule has 0 atom stereocenters. The van der Waals surface area contributed by atoms with Crippen molar-refractivity contribution in [3.63, 3.8) is 0 Å². The summed E-state index contributed by atoms with van der Waals surface area (Å²) in [7, 11) is 0. The summed E-state index contributed by atoms with van der Waals surface area (Å²) in [4.78, 5) is 9.87. The van der Waals surface area contributed by atoms with Gasteiger partial charge in [0.1, 0.15) is 0 Å². The second kappa shape index (κ2) is 9.97. The Kier molecular flexibility index (Phi) is 9.59. The van der Waals surface area contributed by atoms with Crippen LogP contribution in [-0.4, -0.2) is 22.3 Å². The molecule has 1 fully saturated rings. The standard InChI is InChI=1S/C6H12O2.C6H12O/c1-2-3-4-5-6(7)8;7-6-4-2-1-3-5-6/h2-5H2,1H3,(H,7,8);6-7H,1-5H2. The largest absolute Gasteiger partial charge is 0.481 e. The third kappa shape index (κ3) is 11.4. The highest BCUT2D eigenvalue weighted by molar-refractivity contribution is 5.66. The molecule has 0 heterocycles. The van der Waals surface area contributed by atoms with Crippen molar-refractivity contribution >= 4 is 5.97 Å². The fraction of sp³-hybridized carbons (Fsp3) is 0.917. The topological polar surface area (TPSA) is 57.5 Å². The van der Waals surface area contributed by atoms with Crippen molar-refractivity contribution < 1.29 is 15.0 Å². The van der Waals surface area contributed by atoms with Crippen LogP contribution < -0.4 is 0 Å². The fourth-order valence-corrected chi connectivity index (χ4v) is 1.61. The molecule has 0 spiro atoms. The zero-order valence-electron chi connectivity index (χ0n) is 9.74. The van der Waals surface area contributed by atoms with Crippen LogP contribution in [0.5, 0.6) is 0 Å². The third-order valence-corrected chi connectivity index (χ3v) is 2.57. The van der Waals surface area contributed by atoms with Gasteiger partial charge in [0.05, 0.1) is 6.10 Å². The van der Waals surface area contributed by atoms with E-state index in [9.17, 15) is 4.79 Å². The smallest absolute Gasteiger partial charge is 0.303 e. The van der Waals surface area contributed by atoms with Crippen LogP contribution in [0.4, 0.5) is 0 Å². The van der Waals surface area contributed by atoms with Crippen molar-refractivity contribution in [2.24, 2.45) is 0 Å². The second-order valence-corrected chi connectivity index (χ2v) is 4.14. The number of aliphatic carboxylic acids is 1.